The summed E-state index contributed by atoms with van der Waals surface area (Å²) in [5.74, 6) is -3.87. The van der Waals surface area contributed by atoms with Crippen LogP contribution in [0, 0.1) is 34.4 Å². The van der Waals surface area contributed by atoms with Crippen LogP contribution in [0.25, 0.3) is 16.3 Å². The molecule has 2 aromatic rings. The second kappa shape index (κ2) is 13.3. The SMILES string of the molecule is C=C(F)C(=O)N1CCN(C2=C(C#N)C(OC[C@@H]3CCCN3C)=NC3C=C(c4cccc5ccc(F)c(Cl)c45)C(F)=CC23)C[C@@H]1CC#N. The first-order chi connectivity index (χ1) is 22.6. The molecule has 4 atom stereocenters. The van der Waals surface area contributed by atoms with Crippen molar-refractivity contribution in [2.75, 3.05) is 39.8 Å². The Kier molecular flexibility index (Phi) is 9.14. The van der Waals surface area contributed by atoms with Gasteiger partial charge in [-0.25, -0.2) is 18.2 Å². The molecule has 12 heteroatoms. The highest BCUT2D eigenvalue weighted by atomic mass is 35.5. The number of carbonyl (C=O) groups is 1. The lowest BCUT2D eigenvalue weighted by Crippen LogP contribution is -2.56. The molecular formula is C35H32ClF3N6O2. The molecule has 1 aliphatic carbocycles. The zero-order valence-corrected chi connectivity index (χ0v) is 26.5. The van der Waals surface area contributed by atoms with Gasteiger partial charge in [0.15, 0.2) is 5.83 Å². The number of fused-ring (bicyclic) bond motifs is 2. The van der Waals surface area contributed by atoms with Gasteiger partial charge in [-0.05, 0) is 55.6 Å². The molecule has 6 rings (SSSR count). The van der Waals surface area contributed by atoms with Crippen molar-refractivity contribution in [2.45, 2.75) is 37.4 Å². The molecule has 0 radical (unpaired) electrons. The minimum atomic E-state index is -1.13. The number of nitriles is 2. The Balaban J connectivity index is 1.43. The number of ether oxygens (including phenoxy) is 1. The number of aliphatic imine (C=N–C) groups is 1. The van der Waals surface area contributed by atoms with Gasteiger partial charge in [0.05, 0.1) is 29.6 Å². The van der Waals surface area contributed by atoms with Gasteiger partial charge in [-0.2, -0.15) is 10.5 Å². The van der Waals surface area contributed by atoms with Crippen molar-refractivity contribution >= 4 is 39.8 Å². The molecule has 3 heterocycles. The van der Waals surface area contributed by atoms with Crippen LogP contribution in [0.1, 0.15) is 24.8 Å². The Labute approximate surface area is 275 Å². The molecule has 2 saturated heterocycles. The zero-order chi connectivity index (χ0) is 33.4. The number of benzene rings is 2. The summed E-state index contributed by atoms with van der Waals surface area (Å²) in [6.45, 7) is 4.69. The number of likely N-dealkylation sites (tertiary alicyclic amines) is 1. The van der Waals surface area contributed by atoms with Crippen LogP contribution in [0.15, 0.2) is 77.0 Å². The molecule has 0 N–H and O–H groups in total. The number of halogens is 4. The number of rotatable bonds is 6. The number of piperazine rings is 1. The van der Waals surface area contributed by atoms with E-state index in [-0.39, 0.29) is 54.2 Å². The van der Waals surface area contributed by atoms with Gasteiger partial charge < -0.3 is 19.4 Å². The van der Waals surface area contributed by atoms with E-state index in [1.54, 1.807) is 30.3 Å². The van der Waals surface area contributed by atoms with Crippen molar-refractivity contribution in [3.05, 3.63) is 88.4 Å². The summed E-state index contributed by atoms with van der Waals surface area (Å²) in [6.07, 6.45) is 4.90. The summed E-state index contributed by atoms with van der Waals surface area (Å²) in [5.41, 5.74) is 1.16. The standard InChI is InChI=1S/C35H32ClF3N6O2/c1-20(37)35(46)45-14-13-44(18-22(45)10-11-40)33-26-15-29(39)25(24-7-3-5-21-8-9-28(38)32(36)31(21)24)16-30(26)42-34(27(33)17-41)47-19-23-6-4-12-43(23)2/h3,5,7-9,15-16,22-23,26,30H,1,4,6,10,12-14,18-19H2,2H3/t22-,23-,26?,30?/m0/s1. The van der Waals surface area contributed by atoms with Gasteiger partial charge in [0, 0.05) is 48.3 Å². The van der Waals surface area contributed by atoms with E-state index in [0.717, 1.165) is 19.4 Å². The third-order valence-corrected chi connectivity index (χ3v) is 9.77. The predicted octanol–water partition coefficient (Wildman–Crippen LogP) is 6.08. The Hall–Kier alpha value is -4.58. The van der Waals surface area contributed by atoms with Gasteiger partial charge in [0.1, 0.15) is 29.9 Å². The van der Waals surface area contributed by atoms with Crippen LogP contribution >= 0.6 is 11.6 Å². The molecule has 0 saturated carbocycles. The zero-order valence-electron chi connectivity index (χ0n) is 25.7. The molecule has 0 aromatic heterocycles. The van der Waals surface area contributed by atoms with E-state index >= 15 is 4.39 Å². The first kappa shape index (κ1) is 32.4. The lowest BCUT2D eigenvalue weighted by atomic mass is 9.81. The van der Waals surface area contributed by atoms with Crippen LogP contribution in [0.2, 0.25) is 5.02 Å². The fourth-order valence-electron chi connectivity index (χ4n) is 7.01. The monoisotopic (exact) mass is 660 g/mol. The van der Waals surface area contributed by atoms with E-state index in [0.29, 0.717) is 28.6 Å². The van der Waals surface area contributed by atoms with Crippen molar-refractivity contribution in [1.82, 2.24) is 14.7 Å². The highest BCUT2D eigenvalue weighted by Gasteiger charge is 2.42. The Morgan fingerprint density at radius 1 is 1.15 bits per heavy atom. The molecular weight excluding hydrogens is 629 g/mol. The first-order valence-corrected chi connectivity index (χ1v) is 15.8. The third-order valence-electron chi connectivity index (χ3n) is 9.40. The number of allylic oxidation sites excluding steroid dienone is 2. The molecule has 4 aliphatic rings. The number of hydrogen-bond donors (Lipinski definition) is 0. The number of likely N-dealkylation sites (N-methyl/N-ethyl adjacent to an activating group) is 1. The van der Waals surface area contributed by atoms with Gasteiger partial charge >= 0.3 is 0 Å². The maximum atomic E-state index is 16.3. The number of dihydropyridines is 1. The van der Waals surface area contributed by atoms with E-state index in [1.165, 1.54) is 17.0 Å². The Morgan fingerprint density at radius 3 is 2.66 bits per heavy atom. The van der Waals surface area contributed by atoms with Gasteiger partial charge in [0.25, 0.3) is 5.91 Å². The van der Waals surface area contributed by atoms with E-state index < -0.39 is 41.4 Å². The summed E-state index contributed by atoms with van der Waals surface area (Å²) in [4.78, 5) is 22.7. The van der Waals surface area contributed by atoms with E-state index in [9.17, 15) is 24.1 Å². The van der Waals surface area contributed by atoms with Crippen LogP contribution in [-0.4, -0.2) is 84.5 Å². The quantitative estimate of drug-likeness (QED) is 0.349. The van der Waals surface area contributed by atoms with E-state index in [2.05, 4.69) is 23.6 Å². The van der Waals surface area contributed by atoms with Crippen molar-refractivity contribution in [1.29, 1.82) is 10.5 Å². The molecule has 0 spiro atoms. The molecule has 8 nitrogen and oxygen atoms in total. The number of amides is 1. The maximum absolute atomic E-state index is 16.3. The van der Waals surface area contributed by atoms with Crippen molar-refractivity contribution in [2.24, 2.45) is 10.9 Å². The highest BCUT2D eigenvalue weighted by molar-refractivity contribution is 6.36. The molecule has 2 fully saturated rings. The topological polar surface area (TPSA) is 96.0 Å². The predicted molar refractivity (Wildman–Crippen MR) is 173 cm³/mol. The van der Waals surface area contributed by atoms with Gasteiger partial charge in [-0.15, -0.1) is 0 Å². The maximum Gasteiger partial charge on any atom is 0.282 e. The van der Waals surface area contributed by atoms with Crippen LogP contribution in [-0.2, 0) is 9.53 Å². The van der Waals surface area contributed by atoms with Crippen molar-refractivity contribution in [3.63, 3.8) is 0 Å². The normalized spacial score (nSPS) is 24.6. The Bertz CT molecular complexity index is 1860. The van der Waals surface area contributed by atoms with Gasteiger partial charge in [0.2, 0.25) is 5.90 Å². The second-order valence-electron chi connectivity index (χ2n) is 12.1. The molecule has 242 valence electrons. The number of carbonyl (C=O) groups excluding carboxylic acids is 1. The third kappa shape index (κ3) is 6.02. The van der Waals surface area contributed by atoms with E-state index in [1.807, 2.05) is 11.9 Å². The minimum Gasteiger partial charge on any atom is -0.475 e. The lowest BCUT2D eigenvalue weighted by molar-refractivity contribution is -0.133. The summed E-state index contributed by atoms with van der Waals surface area (Å²) in [5, 5.41) is 20.9. The van der Waals surface area contributed by atoms with Crippen LogP contribution < -0.4 is 0 Å². The first-order valence-electron chi connectivity index (χ1n) is 15.4. The molecule has 3 aliphatic heterocycles. The van der Waals surface area contributed by atoms with Crippen LogP contribution in [0.5, 0.6) is 0 Å². The lowest BCUT2D eigenvalue weighted by Gasteiger charge is -2.45. The second-order valence-corrected chi connectivity index (χ2v) is 12.5. The number of nitrogens with zero attached hydrogens (tertiary/aromatic N) is 6. The molecule has 1 amide bonds. The summed E-state index contributed by atoms with van der Waals surface area (Å²) < 4.78 is 51.0. The largest absolute Gasteiger partial charge is 0.475 e. The smallest absolute Gasteiger partial charge is 0.282 e. The van der Waals surface area contributed by atoms with Crippen molar-refractivity contribution in [3.8, 4) is 12.1 Å². The van der Waals surface area contributed by atoms with Crippen LogP contribution in [0.3, 0.4) is 0 Å². The summed E-state index contributed by atoms with van der Waals surface area (Å²) in [6, 6.07) is 11.0. The van der Waals surface area contributed by atoms with Gasteiger partial charge in [-0.1, -0.05) is 42.4 Å². The molecule has 2 unspecified atom stereocenters. The summed E-state index contributed by atoms with van der Waals surface area (Å²) >= 11 is 6.40. The van der Waals surface area contributed by atoms with Crippen molar-refractivity contribution < 1.29 is 22.7 Å². The Morgan fingerprint density at radius 2 is 1.96 bits per heavy atom. The average molecular weight is 661 g/mol. The van der Waals surface area contributed by atoms with Crippen LogP contribution in [0.4, 0.5) is 13.2 Å². The molecule has 47 heavy (non-hydrogen) atoms. The molecule has 2 aromatic carbocycles. The van der Waals surface area contributed by atoms with Gasteiger partial charge in [-0.3, -0.25) is 4.79 Å². The molecule has 0 bridgehead atoms. The highest BCUT2D eigenvalue weighted by Crippen LogP contribution is 2.44. The minimum absolute atomic E-state index is 0.0568. The number of hydrogen-bond acceptors (Lipinski definition) is 7. The fraction of sp³-hybridized carbons (Fsp3) is 0.371. The van der Waals surface area contributed by atoms with E-state index in [4.69, 9.17) is 21.3 Å². The fourth-order valence-corrected chi connectivity index (χ4v) is 7.29. The average Bonchev–Trinajstić information content (AvgIpc) is 3.48. The summed E-state index contributed by atoms with van der Waals surface area (Å²) in [7, 11) is 2.01.